The maximum absolute atomic E-state index is 11.9. The summed E-state index contributed by atoms with van der Waals surface area (Å²) in [5.74, 6) is -2.42. The molecule has 0 spiro atoms. The number of hydrogen-bond donors (Lipinski definition) is 3. The Morgan fingerprint density at radius 3 is 1.89 bits per heavy atom. The quantitative estimate of drug-likeness (QED) is 0.515. The Morgan fingerprint density at radius 2 is 1.33 bits per heavy atom. The second-order valence-corrected chi connectivity index (χ2v) is 5.49. The Kier molecular flexibility index (Phi) is 7.07. The Morgan fingerprint density at radius 1 is 0.815 bits per heavy atom. The lowest BCUT2D eigenvalue weighted by Crippen LogP contribution is -2.47. The number of amides is 3. The molecule has 2 rings (SSSR count). The summed E-state index contributed by atoms with van der Waals surface area (Å²) >= 11 is 0. The van der Waals surface area contributed by atoms with E-state index in [2.05, 4.69) is 16.2 Å². The molecule has 8 heteroatoms. The minimum Gasteiger partial charge on any atom is -0.451 e. The van der Waals surface area contributed by atoms with Crippen LogP contribution in [0, 0.1) is 0 Å². The first-order valence-corrected chi connectivity index (χ1v) is 8.15. The molecule has 0 aromatic heterocycles. The van der Waals surface area contributed by atoms with E-state index < -0.39 is 29.8 Å². The molecule has 0 radical (unpaired) electrons. The fourth-order valence-corrected chi connectivity index (χ4v) is 2.02. The number of carbonyl (C=O) groups is 4. The molecule has 0 aliphatic heterocycles. The van der Waals surface area contributed by atoms with Crippen LogP contribution in [0.25, 0.3) is 0 Å². The van der Waals surface area contributed by atoms with Crippen LogP contribution in [0.2, 0.25) is 0 Å². The average molecular weight is 369 g/mol. The number of carbonyl (C=O) groups excluding carboxylic acids is 4. The standard InChI is InChI=1S/C19H19N3O5/c1-13(17(24)21-22-19(26)15-10-6-3-7-11-15)27-16(23)12-20-18(25)14-8-4-2-5-9-14/h2-11,13H,12H2,1H3,(H,20,25)(H,21,24)(H,22,26)/t13-/m0/s1. The third kappa shape index (κ3) is 6.28. The van der Waals surface area contributed by atoms with Gasteiger partial charge in [0, 0.05) is 11.1 Å². The van der Waals surface area contributed by atoms with Crippen molar-refractivity contribution in [2.75, 3.05) is 6.54 Å². The Labute approximate surface area is 155 Å². The van der Waals surface area contributed by atoms with Crippen LogP contribution in [0.4, 0.5) is 0 Å². The normalized spacial score (nSPS) is 11.0. The van der Waals surface area contributed by atoms with Crippen LogP contribution in [-0.2, 0) is 14.3 Å². The molecule has 1 atom stereocenters. The van der Waals surface area contributed by atoms with E-state index in [0.29, 0.717) is 11.1 Å². The maximum atomic E-state index is 11.9. The van der Waals surface area contributed by atoms with Gasteiger partial charge in [0.25, 0.3) is 17.7 Å². The molecule has 0 aliphatic carbocycles. The highest BCUT2D eigenvalue weighted by molar-refractivity contribution is 5.97. The van der Waals surface area contributed by atoms with E-state index in [1.807, 2.05) is 0 Å². The first-order chi connectivity index (χ1) is 13.0. The van der Waals surface area contributed by atoms with Crippen LogP contribution in [0.3, 0.4) is 0 Å². The van der Waals surface area contributed by atoms with E-state index in [9.17, 15) is 19.2 Å². The smallest absolute Gasteiger partial charge is 0.326 e. The molecule has 0 heterocycles. The van der Waals surface area contributed by atoms with Gasteiger partial charge in [-0.3, -0.25) is 30.0 Å². The van der Waals surface area contributed by atoms with Crippen molar-refractivity contribution < 1.29 is 23.9 Å². The third-order valence-electron chi connectivity index (χ3n) is 3.44. The number of benzene rings is 2. The fraction of sp³-hybridized carbons (Fsp3) is 0.158. The first-order valence-electron chi connectivity index (χ1n) is 8.15. The zero-order valence-corrected chi connectivity index (χ0v) is 14.6. The van der Waals surface area contributed by atoms with Gasteiger partial charge in [-0.25, -0.2) is 0 Å². The monoisotopic (exact) mass is 369 g/mol. The highest BCUT2D eigenvalue weighted by atomic mass is 16.5. The molecule has 0 saturated heterocycles. The number of esters is 1. The fourth-order valence-electron chi connectivity index (χ4n) is 2.02. The van der Waals surface area contributed by atoms with Gasteiger partial charge in [-0.1, -0.05) is 36.4 Å². The Hall–Kier alpha value is -3.68. The molecule has 8 nitrogen and oxygen atoms in total. The van der Waals surface area contributed by atoms with Crippen molar-refractivity contribution in [1.29, 1.82) is 0 Å². The van der Waals surface area contributed by atoms with E-state index in [-0.39, 0.29) is 6.54 Å². The van der Waals surface area contributed by atoms with E-state index in [1.54, 1.807) is 60.7 Å². The van der Waals surface area contributed by atoms with Crippen LogP contribution >= 0.6 is 0 Å². The molecular weight excluding hydrogens is 350 g/mol. The van der Waals surface area contributed by atoms with Gasteiger partial charge >= 0.3 is 5.97 Å². The van der Waals surface area contributed by atoms with Crippen molar-refractivity contribution in [1.82, 2.24) is 16.2 Å². The van der Waals surface area contributed by atoms with Gasteiger partial charge in [0.1, 0.15) is 6.54 Å². The van der Waals surface area contributed by atoms with Crippen LogP contribution in [0.1, 0.15) is 27.6 Å². The lowest BCUT2D eigenvalue weighted by atomic mass is 10.2. The topological polar surface area (TPSA) is 114 Å². The molecule has 27 heavy (non-hydrogen) atoms. The molecule has 0 fully saturated rings. The number of nitrogens with one attached hydrogen (secondary N) is 3. The summed E-state index contributed by atoms with van der Waals surface area (Å²) in [7, 11) is 0. The molecule has 0 saturated carbocycles. The second kappa shape index (κ2) is 9.71. The van der Waals surface area contributed by atoms with Crippen molar-refractivity contribution in [2.45, 2.75) is 13.0 Å². The summed E-state index contributed by atoms with van der Waals surface area (Å²) < 4.78 is 4.92. The van der Waals surface area contributed by atoms with Crippen molar-refractivity contribution in [3.63, 3.8) is 0 Å². The van der Waals surface area contributed by atoms with Gasteiger partial charge in [0.2, 0.25) is 0 Å². The first kappa shape index (κ1) is 19.6. The van der Waals surface area contributed by atoms with Gasteiger partial charge in [-0.15, -0.1) is 0 Å². The molecule has 0 aliphatic rings. The second-order valence-electron chi connectivity index (χ2n) is 5.49. The van der Waals surface area contributed by atoms with Gasteiger partial charge in [-0.2, -0.15) is 0 Å². The Balaban J connectivity index is 1.72. The van der Waals surface area contributed by atoms with Gasteiger partial charge in [0.15, 0.2) is 6.10 Å². The molecular formula is C19H19N3O5. The van der Waals surface area contributed by atoms with E-state index in [1.165, 1.54) is 6.92 Å². The van der Waals surface area contributed by atoms with E-state index in [4.69, 9.17) is 4.74 Å². The zero-order chi connectivity index (χ0) is 19.6. The summed E-state index contributed by atoms with van der Waals surface area (Å²) in [5, 5.41) is 2.40. The number of rotatable bonds is 6. The molecule has 3 amide bonds. The minimum absolute atomic E-state index is 0.367. The van der Waals surface area contributed by atoms with Crippen molar-refractivity contribution >= 4 is 23.7 Å². The SMILES string of the molecule is C[C@H](OC(=O)CNC(=O)c1ccccc1)C(=O)NNC(=O)c1ccccc1. The largest absolute Gasteiger partial charge is 0.451 e. The molecule has 0 unspecified atom stereocenters. The highest BCUT2D eigenvalue weighted by Crippen LogP contribution is 1.99. The van der Waals surface area contributed by atoms with Crippen LogP contribution in [0.15, 0.2) is 60.7 Å². The number of hydrazine groups is 1. The number of ether oxygens (including phenoxy) is 1. The molecule has 0 bridgehead atoms. The molecule has 2 aromatic rings. The van der Waals surface area contributed by atoms with Crippen molar-refractivity contribution in [3.05, 3.63) is 71.8 Å². The lowest BCUT2D eigenvalue weighted by Gasteiger charge is -2.14. The molecule has 140 valence electrons. The van der Waals surface area contributed by atoms with Gasteiger partial charge < -0.3 is 10.1 Å². The summed E-state index contributed by atoms with van der Waals surface area (Å²) in [6.45, 7) is 0.961. The van der Waals surface area contributed by atoms with Gasteiger partial charge in [0.05, 0.1) is 0 Å². The van der Waals surface area contributed by atoms with Crippen molar-refractivity contribution in [3.8, 4) is 0 Å². The Bertz CT molecular complexity index is 809. The van der Waals surface area contributed by atoms with E-state index >= 15 is 0 Å². The maximum Gasteiger partial charge on any atom is 0.326 e. The molecule has 2 aromatic carbocycles. The number of hydrogen-bond acceptors (Lipinski definition) is 5. The predicted molar refractivity (Wildman–Crippen MR) is 96.4 cm³/mol. The van der Waals surface area contributed by atoms with E-state index in [0.717, 1.165) is 0 Å². The summed E-state index contributed by atoms with van der Waals surface area (Å²) in [6, 6.07) is 16.7. The van der Waals surface area contributed by atoms with Gasteiger partial charge in [-0.05, 0) is 31.2 Å². The summed E-state index contributed by atoms with van der Waals surface area (Å²) in [6.07, 6.45) is -1.15. The van der Waals surface area contributed by atoms with Crippen LogP contribution in [0.5, 0.6) is 0 Å². The van der Waals surface area contributed by atoms with Crippen LogP contribution in [-0.4, -0.2) is 36.3 Å². The third-order valence-corrected chi connectivity index (χ3v) is 3.44. The van der Waals surface area contributed by atoms with Crippen molar-refractivity contribution in [2.24, 2.45) is 0 Å². The lowest BCUT2D eigenvalue weighted by molar-refractivity contribution is -0.154. The van der Waals surface area contributed by atoms with Crippen LogP contribution < -0.4 is 16.2 Å². The summed E-state index contributed by atoms with van der Waals surface area (Å²) in [5.41, 5.74) is 5.17. The average Bonchev–Trinajstić information content (AvgIpc) is 2.71. The minimum atomic E-state index is -1.15. The zero-order valence-electron chi connectivity index (χ0n) is 14.6. The predicted octanol–water partition coefficient (Wildman–Crippen LogP) is 0.809. The highest BCUT2D eigenvalue weighted by Gasteiger charge is 2.19. The molecule has 3 N–H and O–H groups in total. The summed E-state index contributed by atoms with van der Waals surface area (Å²) in [4.78, 5) is 47.3.